The van der Waals surface area contributed by atoms with E-state index in [0.717, 1.165) is 16.9 Å². The van der Waals surface area contributed by atoms with Crippen molar-refractivity contribution in [1.82, 2.24) is 20.3 Å². The van der Waals surface area contributed by atoms with Crippen LogP contribution in [0.4, 0.5) is 0 Å². The summed E-state index contributed by atoms with van der Waals surface area (Å²) in [5.41, 5.74) is 3.09. The van der Waals surface area contributed by atoms with Gasteiger partial charge in [-0.25, -0.2) is 4.68 Å². The molecule has 0 radical (unpaired) electrons. The fourth-order valence-electron chi connectivity index (χ4n) is 2.57. The molecule has 1 amide bonds. The van der Waals surface area contributed by atoms with Gasteiger partial charge in [-0.3, -0.25) is 4.79 Å². The van der Waals surface area contributed by atoms with E-state index in [0.29, 0.717) is 11.3 Å². The summed E-state index contributed by atoms with van der Waals surface area (Å²) in [6.45, 7) is 0.259. The number of rotatable bonds is 5. The number of aromatic nitrogens is 3. The third-order valence-electron chi connectivity index (χ3n) is 3.92. The molecule has 2 aromatic heterocycles. The summed E-state index contributed by atoms with van der Waals surface area (Å²) in [4.78, 5) is 12.3. The number of nitrogens with one attached hydrogen (secondary N) is 1. The third-order valence-corrected chi connectivity index (χ3v) is 3.92. The molecule has 0 saturated heterocycles. The van der Waals surface area contributed by atoms with Gasteiger partial charge in [-0.1, -0.05) is 53.7 Å². The van der Waals surface area contributed by atoms with E-state index in [9.17, 15) is 4.79 Å². The monoisotopic (exact) mass is 344 g/mol. The van der Waals surface area contributed by atoms with Crippen molar-refractivity contribution in [2.24, 2.45) is 0 Å². The van der Waals surface area contributed by atoms with E-state index in [1.54, 1.807) is 10.9 Å². The average Bonchev–Trinajstić information content (AvgIpc) is 3.37. The van der Waals surface area contributed by atoms with E-state index in [-0.39, 0.29) is 12.5 Å². The maximum absolute atomic E-state index is 12.3. The fraction of sp³-hybridized carbons (Fsp3) is 0.0500. The lowest BCUT2D eigenvalue weighted by molar-refractivity contribution is 0.0947. The van der Waals surface area contributed by atoms with Crippen molar-refractivity contribution in [1.29, 1.82) is 0 Å². The summed E-state index contributed by atoms with van der Waals surface area (Å²) in [5.74, 6) is 0.373. The van der Waals surface area contributed by atoms with Crippen molar-refractivity contribution in [2.45, 2.75) is 6.54 Å². The first-order valence-corrected chi connectivity index (χ1v) is 8.19. The van der Waals surface area contributed by atoms with Gasteiger partial charge in [0.1, 0.15) is 5.69 Å². The molecule has 0 unspecified atom stereocenters. The Morgan fingerprint density at radius 1 is 1.04 bits per heavy atom. The van der Waals surface area contributed by atoms with Crippen LogP contribution in [-0.2, 0) is 6.54 Å². The van der Waals surface area contributed by atoms with E-state index in [1.807, 2.05) is 66.7 Å². The average molecular weight is 344 g/mol. The van der Waals surface area contributed by atoms with Crippen LogP contribution in [0.25, 0.3) is 16.9 Å². The largest absolute Gasteiger partial charge is 0.359 e. The Kier molecular flexibility index (Phi) is 4.30. The molecule has 0 aliphatic rings. The quantitative estimate of drug-likeness (QED) is 0.602. The second-order valence-corrected chi connectivity index (χ2v) is 5.74. The van der Waals surface area contributed by atoms with Gasteiger partial charge in [0.15, 0.2) is 5.76 Å². The number of carbonyl (C=O) groups is 1. The Morgan fingerprint density at radius 2 is 1.77 bits per heavy atom. The maximum Gasteiger partial charge on any atom is 0.254 e. The van der Waals surface area contributed by atoms with E-state index in [4.69, 9.17) is 4.52 Å². The number of benzene rings is 2. The lowest BCUT2D eigenvalue weighted by Crippen LogP contribution is -2.22. The summed E-state index contributed by atoms with van der Waals surface area (Å²) >= 11 is 0. The maximum atomic E-state index is 12.3. The zero-order valence-electron chi connectivity index (χ0n) is 13.9. The Labute approximate surface area is 150 Å². The third kappa shape index (κ3) is 3.39. The van der Waals surface area contributed by atoms with Crippen LogP contribution in [-0.4, -0.2) is 20.8 Å². The van der Waals surface area contributed by atoms with E-state index < -0.39 is 0 Å². The summed E-state index contributed by atoms with van der Waals surface area (Å²) < 4.78 is 6.96. The van der Waals surface area contributed by atoms with Crippen molar-refractivity contribution < 1.29 is 9.32 Å². The molecule has 6 heteroatoms. The zero-order chi connectivity index (χ0) is 17.8. The van der Waals surface area contributed by atoms with Crippen molar-refractivity contribution in [2.75, 3.05) is 0 Å². The topological polar surface area (TPSA) is 73.0 Å². The normalized spacial score (nSPS) is 10.6. The summed E-state index contributed by atoms with van der Waals surface area (Å²) in [6.07, 6.45) is 3.23. The minimum Gasteiger partial charge on any atom is -0.359 e. The molecule has 0 spiro atoms. The van der Waals surface area contributed by atoms with Crippen LogP contribution in [0, 0.1) is 0 Å². The number of hydrogen-bond acceptors (Lipinski definition) is 4. The molecule has 0 fully saturated rings. The van der Waals surface area contributed by atoms with Crippen molar-refractivity contribution in [3.05, 3.63) is 90.4 Å². The zero-order valence-corrected chi connectivity index (χ0v) is 13.9. The SMILES string of the molecule is O=C(NCc1cc(-c2ccccc2)no1)c1cnn(-c2ccccc2)c1. The second-order valence-electron chi connectivity index (χ2n) is 5.74. The van der Waals surface area contributed by atoms with Gasteiger partial charge in [-0.05, 0) is 12.1 Å². The van der Waals surface area contributed by atoms with Gasteiger partial charge in [0.05, 0.1) is 24.0 Å². The summed E-state index contributed by atoms with van der Waals surface area (Å²) in [5, 5.41) is 11.1. The minimum absolute atomic E-state index is 0.218. The molecule has 4 rings (SSSR count). The molecule has 4 aromatic rings. The molecule has 0 saturated carbocycles. The second kappa shape index (κ2) is 7.06. The highest BCUT2D eigenvalue weighted by atomic mass is 16.5. The van der Waals surface area contributed by atoms with Gasteiger partial charge >= 0.3 is 0 Å². The standard InChI is InChI=1S/C20H16N4O2/c25-20(16-12-22-24(14-16)17-9-5-2-6-10-17)21-13-18-11-19(23-26-18)15-7-3-1-4-8-15/h1-12,14H,13H2,(H,21,25). The molecule has 0 aliphatic carbocycles. The molecule has 2 heterocycles. The van der Waals surface area contributed by atoms with Gasteiger partial charge in [-0.15, -0.1) is 0 Å². The molecule has 0 atom stereocenters. The van der Waals surface area contributed by atoms with Crippen molar-refractivity contribution >= 4 is 5.91 Å². The van der Waals surface area contributed by atoms with Gasteiger partial charge < -0.3 is 9.84 Å². The predicted octanol–water partition coefficient (Wildman–Crippen LogP) is 3.46. The molecular weight excluding hydrogens is 328 g/mol. The van der Waals surface area contributed by atoms with Gasteiger partial charge in [0.25, 0.3) is 5.91 Å². The Balaban J connectivity index is 1.40. The number of amides is 1. The van der Waals surface area contributed by atoms with Crippen LogP contribution in [0.15, 0.2) is 83.6 Å². The highest BCUT2D eigenvalue weighted by molar-refractivity contribution is 5.93. The van der Waals surface area contributed by atoms with Crippen LogP contribution >= 0.6 is 0 Å². The lowest BCUT2D eigenvalue weighted by atomic mass is 10.1. The Hall–Kier alpha value is -3.67. The molecular formula is C20H16N4O2. The van der Waals surface area contributed by atoms with Gasteiger partial charge in [-0.2, -0.15) is 5.10 Å². The Morgan fingerprint density at radius 3 is 2.54 bits per heavy atom. The van der Waals surface area contributed by atoms with Crippen LogP contribution in [0.5, 0.6) is 0 Å². The predicted molar refractivity (Wildman–Crippen MR) is 96.7 cm³/mol. The number of para-hydroxylation sites is 1. The molecule has 26 heavy (non-hydrogen) atoms. The molecule has 2 aromatic carbocycles. The fourth-order valence-corrected chi connectivity index (χ4v) is 2.57. The van der Waals surface area contributed by atoms with Crippen LogP contribution in [0.1, 0.15) is 16.1 Å². The van der Waals surface area contributed by atoms with Crippen LogP contribution in [0.3, 0.4) is 0 Å². The van der Waals surface area contributed by atoms with Gasteiger partial charge in [0.2, 0.25) is 0 Å². The van der Waals surface area contributed by atoms with Crippen LogP contribution in [0.2, 0.25) is 0 Å². The first-order valence-electron chi connectivity index (χ1n) is 8.19. The Bertz CT molecular complexity index is 1010. The summed E-state index contributed by atoms with van der Waals surface area (Å²) in [7, 11) is 0. The van der Waals surface area contributed by atoms with Gasteiger partial charge in [0, 0.05) is 17.8 Å². The van der Waals surface area contributed by atoms with Crippen molar-refractivity contribution in [3.8, 4) is 16.9 Å². The van der Waals surface area contributed by atoms with E-state index in [1.165, 1.54) is 6.20 Å². The van der Waals surface area contributed by atoms with E-state index >= 15 is 0 Å². The van der Waals surface area contributed by atoms with Crippen molar-refractivity contribution in [3.63, 3.8) is 0 Å². The number of nitrogens with zero attached hydrogens (tertiary/aromatic N) is 3. The highest BCUT2D eigenvalue weighted by Gasteiger charge is 2.11. The molecule has 1 N–H and O–H groups in total. The lowest BCUT2D eigenvalue weighted by Gasteiger charge is -2.00. The first-order chi connectivity index (χ1) is 12.8. The number of carbonyl (C=O) groups excluding carboxylic acids is 1. The smallest absolute Gasteiger partial charge is 0.254 e. The first kappa shape index (κ1) is 15.8. The highest BCUT2D eigenvalue weighted by Crippen LogP contribution is 2.18. The molecule has 6 nitrogen and oxygen atoms in total. The minimum atomic E-state index is -0.218. The molecule has 0 bridgehead atoms. The summed E-state index contributed by atoms with van der Waals surface area (Å²) in [6, 6.07) is 21.2. The van der Waals surface area contributed by atoms with Crippen LogP contribution < -0.4 is 5.32 Å². The molecule has 128 valence electrons. The molecule has 0 aliphatic heterocycles. The van der Waals surface area contributed by atoms with E-state index in [2.05, 4.69) is 15.6 Å². The number of hydrogen-bond donors (Lipinski definition) is 1.